The molecular weight excluding hydrogens is 446 g/mol. The maximum atomic E-state index is 5.81. The molecule has 9 heteroatoms. The van der Waals surface area contributed by atoms with Crippen LogP contribution in [0, 0.1) is 0 Å². The molecule has 2 aliphatic rings. The van der Waals surface area contributed by atoms with E-state index >= 15 is 0 Å². The molecule has 1 aliphatic heterocycles. The van der Waals surface area contributed by atoms with Gasteiger partial charge in [0.2, 0.25) is 0 Å². The molecule has 1 aliphatic carbocycles. The van der Waals surface area contributed by atoms with Gasteiger partial charge < -0.3 is 29.0 Å². The fourth-order valence-corrected chi connectivity index (χ4v) is 3.74. The Hall–Kier alpha value is -3.07. The number of aromatic amines is 2. The van der Waals surface area contributed by atoms with Crippen LogP contribution in [0.4, 0.5) is 11.5 Å². The van der Waals surface area contributed by atoms with E-state index in [2.05, 4.69) is 21.6 Å². The molecule has 1 heterocycles. The Morgan fingerprint density at radius 2 is 1.61 bits per heavy atom. The predicted molar refractivity (Wildman–Crippen MR) is 130 cm³/mol. The second-order valence-corrected chi connectivity index (χ2v) is 7.65. The lowest BCUT2D eigenvalue weighted by molar-refractivity contribution is 0.0410. The standard InChI is InChI=1S/C24H28ClN3O5/c1-29-21-13-16-12-20-23(19(16)15-22(21)30-2)27-28-24(20)26-17-4-3-5-18(14-17)33-11-10-32-9-8-31-7-6-25/h3-5,12-15,26-28H,6-11H2,1-2H3. The number of ether oxygens (including phenoxy) is 5. The lowest BCUT2D eigenvalue weighted by Gasteiger charge is -2.10. The predicted octanol–water partition coefficient (Wildman–Crippen LogP) is 5.01. The molecule has 8 nitrogen and oxygen atoms in total. The summed E-state index contributed by atoms with van der Waals surface area (Å²) >= 11 is 5.55. The average Bonchev–Trinajstić information content (AvgIpc) is 3.39. The number of H-pyrrole nitrogens is 2. The molecule has 0 atom stereocenters. The molecule has 2 aromatic rings. The van der Waals surface area contributed by atoms with Gasteiger partial charge in [0.15, 0.2) is 11.5 Å². The molecule has 2 aromatic carbocycles. The quantitative estimate of drug-likeness (QED) is 0.187. The normalized spacial score (nSPS) is 11.2. The summed E-state index contributed by atoms with van der Waals surface area (Å²) in [5.41, 5.74) is 2.94. The Morgan fingerprint density at radius 3 is 2.39 bits per heavy atom. The molecule has 33 heavy (non-hydrogen) atoms. The smallest absolute Gasteiger partial charge is 0.161 e. The van der Waals surface area contributed by atoms with E-state index in [9.17, 15) is 0 Å². The van der Waals surface area contributed by atoms with Crippen molar-refractivity contribution >= 4 is 33.9 Å². The van der Waals surface area contributed by atoms with Crippen molar-refractivity contribution in [1.82, 2.24) is 10.2 Å². The van der Waals surface area contributed by atoms with Gasteiger partial charge >= 0.3 is 0 Å². The van der Waals surface area contributed by atoms with Gasteiger partial charge in [-0.15, -0.1) is 11.6 Å². The highest BCUT2D eigenvalue weighted by Gasteiger charge is 2.19. The van der Waals surface area contributed by atoms with Crippen LogP contribution in [0.5, 0.6) is 17.2 Å². The highest BCUT2D eigenvalue weighted by atomic mass is 35.5. The monoisotopic (exact) mass is 473 g/mol. The second kappa shape index (κ2) is 11.2. The van der Waals surface area contributed by atoms with Gasteiger partial charge in [-0.05, 0) is 35.7 Å². The number of hydrogen-bond donors (Lipinski definition) is 3. The molecule has 0 saturated carbocycles. The van der Waals surface area contributed by atoms with E-state index < -0.39 is 0 Å². The summed E-state index contributed by atoms with van der Waals surface area (Å²) in [4.78, 5) is 0. The molecule has 0 radical (unpaired) electrons. The summed E-state index contributed by atoms with van der Waals surface area (Å²) in [7, 11) is 3.27. The lowest BCUT2D eigenvalue weighted by Crippen LogP contribution is -2.11. The number of fused-ring (bicyclic) bond motifs is 3. The molecule has 0 fully saturated rings. The van der Waals surface area contributed by atoms with Crippen LogP contribution in [0.25, 0.3) is 22.0 Å². The minimum Gasteiger partial charge on any atom is -0.493 e. The Labute approximate surface area is 197 Å². The summed E-state index contributed by atoms with van der Waals surface area (Å²) in [5, 5.41) is 12.0. The first-order valence-electron chi connectivity index (χ1n) is 10.7. The van der Waals surface area contributed by atoms with E-state index in [1.807, 2.05) is 36.4 Å². The first kappa shape index (κ1) is 23.1. The van der Waals surface area contributed by atoms with Crippen molar-refractivity contribution in [2.45, 2.75) is 0 Å². The fourth-order valence-electron chi connectivity index (χ4n) is 3.63. The van der Waals surface area contributed by atoms with Crippen LogP contribution in [0.1, 0.15) is 0 Å². The Morgan fingerprint density at radius 1 is 0.848 bits per heavy atom. The van der Waals surface area contributed by atoms with Crippen molar-refractivity contribution in [1.29, 1.82) is 0 Å². The van der Waals surface area contributed by atoms with Crippen LogP contribution in [0.3, 0.4) is 0 Å². The number of benzene rings is 2. The second-order valence-electron chi connectivity index (χ2n) is 7.27. The van der Waals surface area contributed by atoms with Crippen LogP contribution in [0.15, 0.2) is 42.5 Å². The van der Waals surface area contributed by atoms with Crippen molar-refractivity contribution in [3.8, 4) is 28.5 Å². The fraction of sp³-hybridized carbons (Fsp3) is 0.333. The third kappa shape index (κ3) is 5.47. The van der Waals surface area contributed by atoms with Gasteiger partial charge in [0, 0.05) is 28.6 Å². The highest BCUT2D eigenvalue weighted by Crippen LogP contribution is 2.42. The molecule has 3 N–H and O–H groups in total. The number of halogens is 1. The number of aromatic nitrogens is 2. The molecule has 0 spiro atoms. The van der Waals surface area contributed by atoms with Gasteiger partial charge in [-0.1, -0.05) is 6.07 Å². The van der Waals surface area contributed by atoms with Gasteiger partial charge in [0.1, 0.15) is 18.2 Å². The number of nitrogens with one attached hydrogen (secondary N) is 3. The third-order valence-electron chi connectivity index (χ3n) is 5.17. The number of anilines is 2. The summed E-state index contributed by atoms with van der Waals surface area (Å²) in [5.74, 6) is 3.50. The third-order valence-corrected chi connectivity index (χ3v) is 5.32. The first-order valence-corrected chi connectivity index (χ1v) is 11.2. The van der Waals surface area contributed by atoms with Crippen molar-refractivity contribution in [2.24, 2.45) is 0 Å². The van der Waals surface area contributed by atoms with Crippen LogP contribution in [-0.4, -0.2) is 63.3 Å². The van der Waals surface area contributed by atoms with Crippen molar-refractivity contribution in [2.75, 3.05) is 58.5 Å². The molecule has 0 aromatic heterocycles. The van der Waals surface area contributed by atoms with E-state index in [4.69, 9.17) is 35.3 Å². The van der Waals surface area contributed by atoms with Gasteiger partial charge in [-0.25, -0.2) is 0 Å². The maximum Gasteiger partial charge on any atom is 0.161 e. The van der Waals surface area contributed by atoms with E-state index in [0.29, 0.717) is 50.4 Å². The molecule has 176 valence electrons. The van der Waals surface area contributed by atoms with Crippen LogP contribution < -0.4 is 19.5 Å². The number of hydrogen-bond acceptors (Lipinski definition) is 6. The summed E-state index contributed by atoms with van der Waals surface area (Å²) in [6.07, 6.45) is 0. The number of rotatable bonds is 13. The molecule has 0 unspecified atom stereocenters. The zero-order valence-corrected chi connectivity index (χ0v) is 19.5. The van der Waals surface area contributed by atoms with Crippen molar-refractivity contribution in [3.05, 3.63) is 42.5 Å². The maximum absolute atomic E-state index is 5.81. The molecular formula is C24H28ClN3O5. The Bertz CT molecular complexity index is 1140. The SMILES string of the molecule is COc1cc2cc3c(Nc4cccc(OCCOCCOCCCl)c4)[nH][nH]c-3c2cc1OC. The van der Waals surface area contributed by atoms with Crippen LogP contribution in [0.2, 0.25) is 0 Å². The molecule has 4 rings (SSSR count). The number of alkyl halides is 1. The zero-order valence-electron chi connectivity index (χ0n) is 18.7. The molecule has 0 bridgehead atoms. The first-order chi connectivity index (χ1) is 16.2. The minimum atomic E-state index is 0.456. The lowest BCUT2D eigenvalue weighted by atomic mass is 10.2. The van der Waals surface area contributed by atoms with Gasteiger partial charge in [-0.3, -0.25) is 10.2 Å². The average molecular weight is 474 g/mol. The summed E-state index contributed by atoms with van der Waals surface area (Å²) in [6, 6.07) is 13.9. The Balaban J connectivity index is 1.38. The van der Waals surface area contributed by atoms with Crippen molar-refractivity contribution in [3.63, 3.8) is 0 Å². The van der Waals surface area contributed by atoms with Gasteiger partial charge in [-0.2, -0.15) is 0 Å². The topological polar surface area (TPSA) is 89.8 Å². The van der Waals surface area contributed by atoms with Gasteiger partial charge in [0.05, 0.1) is 46.3 Å². The van der Waals surface area contributed by atoms with Crippen LogP contribution >= 0.6 is 11.6 Å². The largest absolute Gasteiger partial charge is 0.493 e. The Kier molecular flexibility index (Phi) is 7.83. The molecule has 0 saturated heterocycles. The summed E-state index contributed by atoms with van der Waals surface area (Å²) < 4.78 is 27.4. The van der Waals surface area contributed by atoms with Crippen molar-refractivity contribution < 1.29 is 23.7 Å². The van der Waals surface area contributed by atoms with E-state index in [1.165, 1.54) is 0 Å². The van der Waals surface area contributed by atoms with E-state index in [1.54, 1.807) is 14.2 Å². The minimum absolute atomic E-state index is 0.456. The zero-order chi connectivity index (χ0) is 23.0. The van der Waals surface area contributed by atoms with E-state index in [-0.39, 0.29) is 0 Å². The van der Waals surface area contributed by atoms with E-state index in [0.717, 1.165) is 39.3 Å². The van der Waals surface area contributed by atoms with Crippen LogP contribution in [-0.2, 0) is 9.47 Å². The van der Waals surface area contributed by atoms with Gasteiger partial charge in [0.25, 0.3) is 0 Å². The number of methoxy groups -OCH3 is 2. The summed E-state index contributed by atoms with van der Waals surface area (Å²) in [6.45, 7) is 2.53. The molecule has 0 amide bonds. The highest BCUT2D eigenvalue weighted by molar-refractivity contribution is 6.17.